The number of hydrogen-bond donors (Lipinski definition) is 2. The maximum Gasteiger partial charge on any atom is 0.239 e. The van der Waals surface area contributed by atoms with Crippen molar-refractivity contribution in [1.29, 1.82) is 0 Å². The van der Waals surface area contributed by atoms with Crippen molar-refractivity contribution in [3.05, 3.63) is 57.9 Å². The first-order valence-electron chi connectivity index (χ1n) is 9.68. The summed E-state index contributed by atoms with van der Waals surface area (Å²) < 4.78 is 0. The molecule has 0 bridgehead atoms. The zero-order valence-corrected chi connectivity index (χ0v) is 19.7. The quantitative estimate of drug-likeness (QED) is 0.365. The van der Waals surface area contributed by atoms with Gasteiger partial charge in [-0.25, -0.2) is 4.98 Å². The van der Waals surface area contributed by atoms with E-state index in [1.54, 1.807) is 18.2 Å². The summed E-state index contributed by atoms with van der Waals surface area (Å²) in [6.45, 7) is 1.83. The van der Waals surface area contributed by atoms with Crippen LogP contribution < -0.4 is 10.6 Å². The number of carbonyl (C=O) groups excluding carboxylic acids is 2. The van der Waals surface area contributed by atoms with Crippen LogP contribution in [-0.4, -0.2) is 22.0 Å². The van der Waals surface area contributed by atoms with Crippen LogP contribution in [0.5, 0.6) is 0 Å². The van der Waals surface area contributed by atoms with Crippen molar-refractivity contribution in [1.82, 2.24) is 4.98 Å². The van der Waals surface area contributed by atoms with E-state index in [9.17, 15) is 9.59 Å². The topological polar surface area (TPSA) is 71.1 Å². The highest BCUT2D eigenvalue weighted by Gasteiger charge is 2.29. The van der Waals surface area contributed by atoms with Crippen LogP contribution in [0.15, 0.2) is 52.7 Å². The number of thiazole rings is 1. The molecule has 0 spiro atoms. The summed E-state index contributed by atoms with van der Waals surface area (Å²) in [6.07, 6.45) is 1.92. The van der Waals surface area contributed by atoms with Crippen LogP contribution in [0.4, 0.5) is 10.8 Å². The van der Waals surface area contributed by atoms with Crippen LogP contribution in [0, 0.1) is 5.92 Å². The van der Waals surface area contributed by atoms with Crippen LogP contribution in [0.2, 0.25) is 10.0 Å². The summed E-state index contributed by atoms with van der Waals surface area (Å²) in [5.41, 5.74) is 2.19. The van der Waals surface area contributed by atoms with E-state index in [2.05, 4.69) is 15.6 Å². The van der Waals surface area contributed by atoms with E-state index in [0.29, 0.717) is 20.9 Å². The van der Waals surface area contributed by atoms with E-state index < -0.39 is 0 Å². The lowest BCUT2D eigenvalue weighted by Crippen LogP contribution is -2.22. The monoisotopic (exact) mass is 491 g/mol. The highest BCUT2D eigenvalue weighted by molar-refractivity contribution is 8.00. The molecule has 1 aromatic heterocycles. The van der Waals surface area contributed by atoms with E-state index in [0.717, 1.165) is 29.0 Å². The Hall–Kier alpha value is -2.06. The number of nitrogens with one attached hydrogen (secondary N) is 2. The molecule has 2 aromatic carbocycles. The minimum absolute atomic E-state index is 0.0632. The fourth-order valence-corrected chi connectivity index (χ4v) is 5.00. The predicted molar refractivity (Wildman–Crippen MR) is 129 cm³/mol. The molecule has 160 valence electrons. The molecular weight excluding hydrogens is 473 g/mol. The molecule has 0 saturated heterocycles. The largest absolute Gasteiger partial charge is 0.326 e. The lowest BCUT2D eigenvalue weighted by molar-refractivity contribution is -0.117. The van der Waals surface area contributed by atoms with Gasteiger partial charge >= 0.3 is 0 Å². The summed E-state index contributed by atoms with van der Waals surface area (Å²) in [6, 6.07) is 12.8. The molecular formula is C22H19Cl2N3O2S2. The van der Waals surface area contributed by atoms with E-state index in [1.807, 2.05) is 36.6 Å². The lowest BCUT2D eigenvalue weighted by atomic mass is 10.2. The Morgan fingerprint density at radius 1 is 1.16 bits per heavy atom. The van der Waals surface area contributed by atoms with Gasteiger partial charge in [-0.2, -0.15) is 0 Å². The highest BCUT2D eigenvalue weighted by Crippen LogP contribution is 2.34. The van der Waals surface area contributed by atoms with Gasteiger partial charge in [0.15, 0.2) is 5.13 Å². The predicted octanol–water partition coefficient (Wildman–Crippen LogP) is 6.58. The summed E-state index contributed by atoms with van der Waals surface area (Å²) in [4.78, 5) is 30.0. The molecule has 0 radical (unpaired) electrons. The van der Waals surface area contributed by atoms with Crippen molar-refractivity contribution in [2.75, 3.05) is 10.6 Å². The second-order valence-electron chi connectivity index (χ2n) is 7.20. The van der Waals surface area contributed by atoms with E-state index >= 15 is 0 Å². The van der Waals surface area contributed by atoms with Crippen molar-refractivity contribution >= 4 is 68.9 Å². The first kappa shape index (κ1) is 22.1. The third-order valence-electron chi connectivity index (χ3n) is 4.67. The van der Waals surface area contributed by atoms with Gasteiger partial charge in [0.1, 0.15) is 0 Å². The Labute approximate surface area is 198 Å². The third kappa shape index (κ3) is 5.80. The number of thioether (sulfide) groups is 1. The Balaban J connectivity index is 1.37. The van der Waals surface area contributed by atoms with E-state index in [-0.39, 0.29) is 23.0 Å². The van der Waals surface area contributed by atoms with Gasteiger partial charge < -0.3 is 10.6 Å². The number of nitrogens with zero attached hydrogens (tertiary/aromatic N) is 1. The van der Waals surface area contributed by atoms with Crippen molar-refractivity contribution in [3.63, 3.8) is 0 Å². The zero-order chi connectivity index (χ0) is 22.0. The summed E-state index contributed by atoms with van der Waals surface area (Å²) in [5, 5.41) is 8.86. The zero-order valence-electron chi connectivity index (χ0n) is 16.5. The average Bonchev–Trinajstić information content (AvgIpc) is 3.48. The van der Waals surface area contributed by atoms with Crippen LogP contribution in [0.1, 0.15) is 19.8 Å². The van der Waals surface area contributed by atoms with E-state index in [4.69, 9.17) is 23.2 Å². The van der Waals surface area contributed by atoms with Crippen molar-refractivity contribution < 1.29 is 9.59 Å². The molecule has 5 nitrogen and oxygen atoms in total. The van der Waals surface area contributed by atoms with Crippen molar-refractivity contribution in [2.24, 2.45) is 5.92 Å². The maximum atomic E-state index is 12.7. The van der Waals surface area contributed by atoms with Gasteiger partial charge in [-0.15, -0.1) is 23.1 Å². The molecule has 0 aliphatic heterocycles. The number of aromatic nitrogens is 1. The maximum absolute atomic E-state index is 12.7. The van der Waals surface area contributed by atoms with Crippen molar-refractivity contribution in [3.8, 4) is 11.3 Å². The van der Waals surface area contributed by atoms with Gasteiger partial charge in [0.05, 0.1) is 16.0 Å². The number of rotatable bonds is 7. The second kappa shape index (κ2) is 9.61. The third-order valence-corrected chi connectivity index (χ3v) is 7.07. The molecule has 1 aliphatic carbocycles. The van der Waals surface area contributed by atoms with E-state index in [1.165, 1.54) is 23.1 Å². The molecule has 2 amide bonds. The van der Waals surface area contributed by atoms with Gasteiger partial charge in [-0.05, 0) is 56.2 Å². The fourth-order valence-electron chi connectivity index (χ4n) is 2.85. The summed E-state index contributed by atoms with van der Waals surface area (Å²) in [5.74, 6) is 0.0563. The second-order valence-corrected chi connectivity index (χ2v) is 10.3. The molecule has 1 saturated carbocycles. The molecule has 4 rings (SSSR count). The molecule has 3 aromatic rings. The molecule has 1 fully saturated rings. The van der Waals surface area contributed by atoms with Crippen LogP contribution in [0.25, 0.3) is 11.3 Å². The van der Waals surface area contributed by atoms with Crippen molar-refractivity contribution in [2.45, 2.75) is 29.9 Å². The first-order chi connectivity index (χ1) is 14.9. The van der Waals surface area contributed by atoms with Gasteiger partial charge in [-0.1, -0.05) is 29.3 Å². The van der Waals surface area contributed by atoms with Gasteiger partial charge in [0.25, 0.3) is 0 Å². The Bertz CT molecular complexity index is 1130. The SMILES string of the molecule is CC(Sc1cccc(NC(=O)C2CC2)c1)C(=O)Nc1nc(-c2ccc(Cl)cc2Cl)cs1. The van der Waals surface area contributed by atoms with Gasteiger partial charge in [-0.3, -0.25) is 9.59 Å². The first-order valence-corrected chi connectivity index (χ1v) is 12.2. The number of amides is 2. The number of benzene rings is 2. The standard InChI is InChI=1S/C22H19Cl2N3O2S2/c1-12(31-16-4-2-3-15(10-16)25-21(29)13-5-6-13)20(28)27-22-26-19(11-30-22)17-8-7-14(23)9-18(17)24/h2-4,7-13H,5-6H2,1H3,(H,25,29)(H,26,27,28). The minimum Gasteiger partial charge on any atom is -0.326 e. The number of halogens is 2. The molecule has 2 N–H and O–H groups in total. The Morgan fingerprint density at radius 3 is 2.71 bits per heavy atom. The molecule has 9 heteroatoms. The number of carbonyl (C=O) groups is 2. The molecule has 1 unspecified atom stereocenters. The van der Waals surface area contributed by atoms with Gasteiger partial charge in [0, 0.05) is 32.5 Å². The smallest absolute Gasteiger partial charge is 0.239 e. The molecule has 31 heavy (non-hydrogen) atoms. The number of anilines is 2. The lowest BCUT2D eigenvalue weighted by Gasteiger charge is -2.12. The Morgan fingerprint density at radius 2 is 1.97 bits per heavy atom. The summed E-state index contributed by atoms with van der Waals surface area (Å²) >= 11 is 15.0. The van der Waals surface area contributed by atoms with Crippen LogP contribution >= 0.6 is 46.3 Å². The molecule has 1 aliphatic rings. The minimum atomic E-state index is -0.346. The average molecular weight is 492 g/mol. The van der Waals surface area contributed by atoms with Gasteiger partial charge in [0.2, 0.25) is 11.8 Å². The number of hydrogen-bond acceptors (Lipinski definition) is 5. The van der Waals surface area contributed by atoms with Crippen LogP contribution in [-0.2, 0) is 9.59 Å². The summed E-state index contributed by atoms with van der Waals surface area (Å²) in [7, 11) is 0. The molecule has 1 atom stereocenters. The highest BCUT2D eigenvalue weighted by atomic mass is 35.5. The fraction of sp³-hybridized carbons (Fsp3) is 0.227. The molecule has 1 heterocycles. The van der Waals surface area contributed by atoms with Crippen LogP contribution in [0.3, 0.4) is 0 Å². The normalized spacial score (nSPS) is 14.2. The Kier molecular flexibility index (Phi) is 6.86.